The zero-order chi connectivity index (χ0) is 58.0. The molecule has 7 heterocycles. The number of Topliss-reactive ketones (excluding diaryl/α,β-unsaturated/α-hetero) is 2. The molecule has 7 aromatic heterocycles. The summed E-state index contributed by atoms with van der Waals surface area (Å²) in [4.78, 5) is 32.7. The van der Waals surface area contributed by atoms with E-state index in [1.165, 1.54) is 18.5 Å². The molecule has 1 saturated carbocycles. The second-order valence-corrected chi connectivity index (χ2v) is 24.9. The maximum absolute atomic E-state index is 12.8. The Hall–Kier alpha value is -7.68. The highest BCUT2D eigenvalue weighted by atomic mass is 16.5. The smallest absolute Gasteiger partial charge is 0.282 e. The van der Waals surface area contributed by atoms with Crippen molar-refractivity contribution in [2.75, 3.05) is 0 Å². The molecule has 79 heavy (non-hydrogen) atoms. The molecular weight excluding hydrogens is 1000 g/mol. The second-order valence-electron chi connectivity index (χ2n) is 24.9. The van der Waals surface area contributed by atoms with Crippen LogP contribution in [-0.4, -0.2) is 82.7 Å². The van der Waals surface area contributed by atoms with Gasteiger partial charge < -0.3 is 27.4 Å². The van der Waals surface area contributed by atoms with E-state index in [1.807, 2.05) is 77.4 Å². The summed E-state index contributed by atoms with van der Waals surface area (Å²) in [6, 6.07) is -0.603. The zero-order valence-electron chi connectivity index (χ0n) is 49.3. The summed E-state index contributed by atoms with van der Waals surface area (Å²) in [6.45, 7) is 39.3. The molecule has 6 aliphatic carbocycles. The molecule has 6 aliphatic rings. The van der Waals surface area contributed by atoms with Gasteiger partial charge in [0.2, 0.25) is 29.2 Å². The molecule has 0 aliphatic heterocycles. The largest absolute Gasteiger partial charge is 0.420 e. The van der Waals surface area contributed by atoms with Crippen LogP contribution in [0, 0.1) is 62.5 Å². The Morgan fingerprint density at radius 3 is 1.52 bits per heavy atom. The van der Waals surface area contributed by atoms with Gasteiger partial charge in [0.25, 0.3) is 23.7 Å². The molecule has 0 saturated heterocycles. The average Bonchev–Trinajstić information content (AvgIpc) is 4.03. The van der Waals surface area contributed by atoms with Gasteiger partial charge in [0, 0.05) is 104 Å². The van der Waals surface area contributed by atoms with E-state index in [4.69, 9.17) is 47.6 Å². The van der Waals surface area contributed by atoms with Crippen molar-refractivity contribution >= 4 is 11.6 Å². The molecule has 414 valence electrons. The third-order valence-corrected chi connectivity index (χ3v) is 19.0. The second kappa shape index (κ2) is 18.5. The monoisotopic (exact) mass is 1080 g/mol. The van der Waals surface area contributed by atoms with Gasteiger partial charge in [-0.25, -0.2) is 11.4 Å². The SMILES string of the molecule is Cc1nnc(-c2c3c(nn2C)[C@@]2(C)Cc4cnoc4C(C)(C)[C@@H]2CC3)o1.[3H]C.[C-]#[N+]C1=C[C@]2(C)c3nn(C)c(-c4nnc(C)o4)c3CC[C@H]2C(C)(C)C1=O.[C-]#[N+]C1C[C@]2(C)c3nn(C)c(-c4nnc(C)o4)c3CC[C@H]2C(C)(C)C1=O. The Balaban J connectivity index is 0.000000133. The van der Waals surface area contributed by atoms with E-state index in [0.717, 1.165) is 96.0 Å². The normalized spacial score (nSPS) is 27.3. The molecule has 0 radical (unpaired) electrons. The molecule has 0 spiro atoms. The van der Waals surface area contributed by atoms with Crippen molar-refractivity contribution in [2.45, 2.75) is 170 Å². The predicted octanol–water partition coefficient (Wildman–Crippen LogP) is 9.65. The van der Waals surface area contributed by atoms with Crippen LogP contribution < -0.4 is 0 Å². The van der Waals surface area contributed by atoms with Gasteiger partial charge in [-0.3, -0.25) is 18.8 Å². The number of allylic oxidation sites excluding steroid dienone is 2. The highest BCUT2D eigenvalue weighted by Gasteiger charge is 2.62. The van der Waals surface area contributed by atoms with Crippen molar-refractivity contribution < 1.29 is 28.7 Å². The number of hydrogen-bond donors (Lipinski definition) is 0. The minimum absolute atomic E-state index is 0.0675. The van der Waals surface area contributed by atoms with E-state index in [1.54, 1.807) is 18.5 Å². The lowest BCUT2D eigenvalue weighted by atomic mass is 9.50. The number of carbonyl (C=O) groups is 2. The van der Waals surface area contributed by atoms with Crippen LogP contribution in [0.3, 0.4) is 0 Å². The number of carbonyl (C=O) groups excluding carboxylic acids is 2. The first-order valence-electron chi connectivity index (χ1n) is 27.8. The summed E-state index contributed by atoms with van der Waals surface area (Å²) in [6.07, 6.45) is 10.5. The van der Waals surface area contributed by atoms with E-state index < -0.39 is 22.3 Å². The number of ketones is 2. The zero-order valence-corrected chi connectivity index (χ0v) is 48.3. The summed E-state index contributed by atoms with van der Waals surface area (Å²) in [5, 5.41) is 43.1. The van der Waals surface area contributed by atoms with E-state index in [2.05, 4.69) is 80.1 Å². The molecule has 1 unspecified atom stereocenters. The van der Waals surface area contributed by atoms with Gasteiger partial charge in [0.15, 0.2) is 5.78 Å². The number of rotatable bonds is 3. The van der Waals surface area contributed by atoms with Crippen molar-refractivity contribution in [3.63, 3.8) is 0 Å². The fraction of sp³-hybridized carbons (Fsp3) is 0.586. The molecule has 0 aromatic carbocycles. The highest BCUT2D eigenvalue weighted by Crippen LogP contribution is 2.59. The lowest BCUT2D eigenvalue weighted by Crippen LogP contribution is -2.56. The molecule has 1 fully saturated rings. The van der Waals surface area contributed by atoms with Crippen LogP contribution in [0.1, 0.15) is 160 Å². The Morgan fingerprint density at radius 2 is 1.06 bits per heavy atom. The maximum atomic E-state index is 12.8. The highest BCUT2D eigenvalue weighted by molar-refractivity contribution is 6.02. The molecule has 21 heteroatoms. The molecule has 0 amide bonds. The third-order valence-electron chi connectivity index (χ3n) is 19.0. The van der Waals surface area contributed by atoms with Gasteiger partial charge in [0.1, 0.15) is 22.8 Å². The van der Waals surface area contributed by atoms with Crippen LogP contribution >= 0.6 is 0 Å². The van der Waals surface area contributed by atoms with Crippen LogP contribution in [0.25, 0.3) is 44.4 Å². The van der Waals surface area contributed by atoms with Crippen LogP contribution in [-0.2, 0) is 78.1 Å². The predicted molar refractivity (Wildman–Crippen MR) is 288 cm³/mol. The van der Waals surface area contributed by atoms with Gasteiger partial charge >= 0.3 is 0 Å². The standard InChI is InChI=1S/2C19H23N5O2.C19H21N5O2.CH4/c1-10-21-22-17(25-10)14-12-6-7-13-18(2,3)16-11(9-20-26-16)8-19(13,4)15(12)23-24(14)5;2*1-10-21-22-17(26-10)14-11-7-8-13-18(2,3)16(25)12(20-5)9-19(13,4)15(11)23-24(14)6;/h9,13H,6-8H2,1-5H3;12-13H,7-9H2,1-4,6H3;9,13H,7-8H2,1-4,6H3;1H4/t13-,19-;12?,13-,19-;13-,19-;/m000./s1/i;;;1T. The first kappa shape index (κ1) is 53.3. The van der Waals surface area contributed by atoms with Crippen LogP contribution in [0.15, 0.2) is 35.7 Å². The number of nitrogens with zero attached hydrogens (tertiary/aromatic N) is 15. The van der Waals surface area contributed by atoms with Crippen LogP contribution in [0.2, 0.25) is 0 Å². The molecule has 7 aromatic rings. The van der Waals surface area contributed by atoms with E-state index in [9.17, 15) is 9.59 Å². The van der Waals surface area contributed by atoms with Crippen LogP contribution in [0.5, 0.6) is 0 Å². The van der Waals surface area contributed by atoms with Crippen molar-refractivity contribution in [3.05, 3.63) is 104 Å². The molecule has 0 N–H and O–H groups in total. The Labute approximate surface area is 461 Å². The maximum Gasteiger partial charge on any atom is 0.282 e. The fourth-order valence-corrected chi connectivity index (χ4v) is 15.7. The van der Waals surface area contributed by atoms with Gasteiger partial charge in [-0.2, -0.15) is 15.3 Å². The molecular formula is C58H71N15O6. The van der Waals surface area contributed by atoms with Crippen molar-refractivity contribution in [1.29, 1.82) is 0 Å². The summed E-state index contributed by atoms with van der Waals surface area (Å²) >= 11 is 0. The Morgan fingerprint density at radius 1 is 0.620 bits per heavy atom. The molecule has 21 nitrogen and oxygen atoms in total. The summed E-state index contributed by atoms with van der Waals surface area (Å²) in [5.41, 5.74) is 8.45. The van der Waals surface area contributed by atoms with Crippen molar-refractivity contribution in [2.24, 2.45) is 49.7 Å². The summed E-state index contributed by atoms with van der Waals surface area (Å²) in [5.74, 6) is 4.83. The number of aryl methyl sites for hydroxylation is 6. The molecule has 13 rings (SSSR count). The molecule has 0 bridgehead atoms. The average molecular weight is 1080 g/mol. The molecule has 7 atom stereocenters. The van der Waals surface area contributed by atoms with Gasteiger partial charge in [0.05, 0.1) is 29.9 Å². The topological polar surface area (TPSA) is 239 Å². The minimum atomic E-state index is -0.603. The first-order valence-corrected chi connectivity index (χ1v) is 26.8. The first-order chi connectivity index (χ1) is 37.7. The summed E-state index contributed by atoms with van der Waals surface area (Å²) < 4.78 is 33.9. The van der Waals surface area contributed by atoms with Gasteiger partial charge in [-0.1, -0.05) is 80.9 Å². The van der Waals surface area contributed by atoms with Gasteiger partial charge in [-0.15, -0.1) is 30.6 Å². The number of hydrogen-bond acceptors (Lipinski definition) is 16. The van der Waals surface area contributed by atoms with Crippen LogP contribution in [0.4, 0.5) is 0 Å². The third kappa shape index (κ3) is 7.94. The minimum Gasteiger partial charge on any atom is -0.420 e. The number of aromatic nitrogens is 13. The quantitative estimate of drug-likeness (QED) is 0.150. The Bertz CT molecular complexity index is 3730. The Kier molecular flexibility index (Phi) is 12.5. The van der Waals surface area contributed by atoms with Gasteiger partial charge in [-0.05, 0) is 62.7 Å². The van der Waals surface area contributed by atoms with Crippen molar-refractivity contribution in [1.82, 2.24) is 65.1 Å². The number of fused-ring (bicyclic) bond motifs is 10. The summed E-state index contributed by atoms with van der Waals surface area (Å²) in [7, 11) is 6.96. The lowest BCUT2D eigenvalue weighted by molar-refractivity contribution is -0.137. The van der Waals surface area contributed by atoms with Crippen molar-refractivity contribution in [3.8, 4) is 34.8 Å². The van der Waals surface area contributed by atoms with E-state index >= 15 is 0 Å². The lowest BCUT2D eigenvalue weighted by Gasteiger charge is -2.51. The van der Waals surface area contributed by atoms with E-state index in [0.29, 0.717) is 47.7 Å². The van der Waals surface area contributed by atoms with E-state index in [-0.39, 0.29) is 45.3 Å². The fourth-order valence-electron chi connectivity index (χ4n) is 15.7.